The summed E-state index contributed by atoms with van der Waals surface area (Å²) < 4.78 is 10.5. The maximum atomic E-state index is 5.95. The maximum absolute atomic E-state index is 5.95. The second kappa shape index (κ2) is 5.41. The van der Waals surface area contributed by atoms with Crippen LogP contribution < -0.4 is 14.8 Å². The molecule has 0 atom stereocenters. The van der Waals surface area contributed by atoms with Crippen molar-refractivity contribution < 1.29 is 9.47 Å². The zero-order chi connectivity index (χ0) is 14.8. The molecule has 1 aromatic carbocycles. The van der Waals surface area contributed by atoms with E-state index in [-0.39, 0.29) is 5.28 Å². The molecule has 0 saturated heterocycles. The molecule has 0 fully saturated rings. The Morgan fingerprint density at radius 2 is 1.90 bits per heavy atom. The van der Waals surface area contributed by atoms with Crippen LogP contribution >= 0.6 is 11.6 Å². The number of rotatable bonds is 4. The van der Waals surface area contributed by atoms with E-state index in [1.54, 1.807) is 26.4 Å². The number of aromatic amines is 1. The summed E-state index contributed by atoms with van der Waals surface area (Å²) in [5, 5.41) is 10.3. The molecule has 0 amide bonds. The van der Waals surface area contributed by atoms with Gasteiger partial charge in [0.25, 0.3) is 0 Å². The van der Waals surface area contributed by atoms with Gasteiger partial charge in [-0.3, -0.25) is 0 Å². The standard InChI is InChI=1S/C12H11ClN6O2/c1-20-8-3-6-7(4-9(8)21-2)16-11(13)17-10(6)18-12-14-5-15-19-12/h3-5H,1-2H3,(H2,14,15,16,17,18,19). The van der Waals surface area contributed by atoms with Gasteiger partial charge in [-0.2, -0.15) is 15.1 Å². The molecule has 108 valence electrons. The highest BCUT2D eigenvalue weighted by molar-refractivity contribution is 6.28. The van der Waals surface area contributed by atoms with Gasteiger partial charge in [0, 0.05) is 11.5 Å². The molecule has 0 bridgehead atoms. The van der Waals surface area contributed by atoms with Gasteiger partial charge in [0.05, 0.1) is 19.7 Å². The monoisotopic (exact) mass is 306 g/mol. The number of nitrogens with zero attached hydrogens (tertiary/aromatic N) is 4. The molecule has 2 heterocycles. The van der Waals surface area contributed by atoms with Gasteiger partial charge in [-0.15, -0.1) is 0 Å². The molecule has 9 heteroatoms. The number of methoxy groups -OCH3 is 2. The number of aromatic nitrogens is 5. The van der Waals surface area contributed by atoms with Crippen LogP contribution in [-0.2, 0) is 0 Å². The molecular weight excluding hydrogens is 296 g/mol. The lowest BCUT2D eigenvalue weighted by molar-refractivity contribution is 0.356. The summed E-state index contributed by atoms with van der Waals surface area (Å²) in [6.45, 7) is 0. The molecule has 3 aromatic rings. The van der Waals surface area contributed by atoms with E-state index in [4.69, 9.17) is 21.1 Å². The van der Waals surface area contributed by atoms with E-state index < -0.39 is 0 Å². The highest BCUT2D eigenvalue weighted by Crippen LogP contribution is 2.34. The van der Waals surface area contributed by atoms with Gasteiger partial charge in [-0.1, -0.05) is 0 Å². The predicted molar refractivity (Wildman–Crippen MR) is 77.3 cm³/mol. The molecule has 0 unspecified atom stereocenters. The number of hydrogen-bond donors (Lipinski definition) is 2. The Balaban J connectivity index is 2.18. The minimum Gasteiger partial charge on any atom is -0.493 e. The summed E-state index contributed by atoms with van der Waals surface area (Å²) in [6.07, 6.45) is 1.39. The number of fused-ring (bicyclic) bond motifs is 1. The molecule has 0 radical (unpaired) electrons. The maximum Gasteiger partial charge on any atom is 0.224 e. The average molecular weight is 307 g/mol. The highest BCUT2D eigenvalue weighted by Gasteiger charge is 2.13. The summed E-state index contributed by atoms with van der Waals surface area (Å²) >= 11 is 5.95. The van der Waals surface area contributed by atoms with E-state index in [1.165, 1.54) is 6.33 Å². The van der Waals surface area contributed by atoms with Crippen LogP contribution in [0.2, 0.25) is 5.28 Å². The molecule has 0 aliphatic carbocycles. The van der Waals surface area contributed by atoms with Crippen LogP contribution in [0.1, 0.15) is 0 Å². The van der Waals surface area contributed by atoms with E-state index in [0.29, 0.717) is 34.2 Å². The summed E-state index contributed by atoms with van der Waals surface area (Å²) in [6, 6.07) is 3.50. The predicted octanol–water partition coefficient (Wildman–Crippen LogP) is 2.16. The van der Waals surface area contributed by atoms with Gasteiger partial charge in [0.15, 0.2) is 11.5 Å². The van der Waals surface area contributed by atoms with E-state index in [0.717, 1.165) is 0 Å². The SMILES string of the molecule is COc1cc2nc(Cl)nc(Nc3ncn[nH]3)c2cc1OC. The van der Waals surface area contributed by atoms with Crippen molar-refractivity contribution in [1.82, 2.24) is 25.1 Å². The van der Waals surface area contributed by atoms with Crippen LogP contribution in [0.15, 0.2) is 18.5 Å². The second-order valence-corrected chi connectivity index (χ2v) is 4.36. The number of nitrogens with one attached hydrogen (secondary N) is 2. The molecule has 0 spiro atoms. The fraction of sp³-hybridized carbons (Fsp3) is 0.167. The summed E-state index contributed by atoms with van der Waals surface area (Å²) in [5.74, 6) is 2.06. The van der Waals surface area contributed by atoms with Gasteiger partial charge in [0.2, 0.25) is 11.2 Å². The van der Waals surface area contributed by atoms with Gasteiger partial charge in [-0.25, -0.2) is 10.1 Å². The smallest absolute Gasteiger partial charge is 0.224 e. The summed E-state index contributed by atoms with van der Waals surface area (Å²) in [4.78, 5) is 12.3. The number of H-pyrrole nitrogens is 1. The van der Waals surface area contributed by atoms with Gasteiger partial charge in [0.1, 0.15) is 12.1 Å². The molecule has 0 aliphatic heterocycles. The number of halogens is 1. The lowest BCUT2D eigenvalue weighted by atomic mass is 10.2. The van der Waals surface area contributed by atoms with Crippen molar-refractivity contribution in [2.75, 3.05) is 19.5 Å². The van der Waals surface area contributed by atoms with E-state index in [2.05, 4.69) is 30.5 Å². The Morgan fingerprint density at radius 3 is 2.57 bits per heavy atom. The number of hydrogen-bond acceptors (Lipinski definition) is 7. The van der Waals surface area contributed by atoms with Crippen molar-refractivity contribution in [2.45, 2.75) is 0 Å². The minimum absolute atomic E-state index is 0.108. The van der Waals surface area contributed by atoms with Crippen LogP contribution in [0.5, 0.6) is 11.5 Å². The first-order chi connectivity index (χ1) is 10.2. The Labute approximate surface area is 124 Å². The molecule has 2 aromatic heterocycles. The van der Waals surface area contributed by atoms with Crippen molar-refractivity contribution in [2.24, 2.45) is 0 Å². The number of ether oxygens (including phenoxy) is 2. The molecule has 2 N–H and O–H groups in total. The third kappa shape index (κ3) is 2.52. The zero-order valence-corrected chi connectivity index (χ0v) is 12.0. The Morgan fingerprint density at radius 1 is 1.14 bits per heavy atom. The lowest BCUT2D eigenvalue weighted by Crippen LogP contribution is -2.00. The van der Waals surface area contributed by atoms with Crippen LogP contribution in [-0.4, -0.2) is 39.4 Å². The largest absolute Gasteiger partial charge is 0.493 e. The van der Waals surface area contributed by atoms with Crippen LogP contribution in [0, 0.1) is 0 Å². The quantitative estimate of drug-likeness (QED) is 0.713. The van der Waals surface area contributed by atoms with E-state index in [1.807, 2.05) is 0 Å². The highest BCUT2D eigenvalue weighted by atomic mass is 35.5. The molecule has 3 rings (SSSR count). The minimum atomic E-state index is 0.108. The summed E-state index contributed by atoms with van der Waals surface area (Å²) in [5.41, 5.74) is 0.620. The fourth-order valence-electron chi connectivity index (χ4n) is 1.90. The Hall–Kier alpha value is -2.61. The number of anilines is 2. The fourth-order valence-corrected chi connectivity index (χ4v) is 2.08. The average Bonchev–Trinajstić information content (AvgIpc) is 2.98. The first-order valence-corrected chi connectivity index (χ1v) is 6.30. The van der Waals surface area contributed by atoms with Crippen molar-refractivity contribution in [1.29, 1.82) is 0 Å². The normalized spacial score (nSPS) is 10.6. The van der Waals surface area contributed by atoms with Crippen molar-refractivity contribution >= 4 is 34.3 Å². The Bertz CT molecular complexity index is 777. The molecule has 8 nitrogen and oxygen atoms in total. The molecule has 0 saturated carbocycles. The molecular formula is C12H11ClN6O2. The topological polar surface area (TPSA) is 97.8 Å². The van der Waals surface area contributed by atoms with E-state index in [9.17, 15) is 0 Å². The Kier molecular flexibility index (Phi) is 3.44. The van der Waals surface area contributed by atoms with Gasteiger partial charge < -0.3 is 14.8 Å². The van der Waals surface area contributed by atoms with Crippen LogP contribution in [0.3, 0.4) is 0 Å². The summed E-state index contributed by atoms with van der Waals surface area (Å²) in [7, 11) is 3.12. The zero-order valence-electron chi connectivity index (χ0n) is 11.2. The van der Waals surface area contributed by atoms with Crippen LogP contribution in [0.25, 0.3) is 10.9 Å². The second-order valence-electron chi connectivity index (χ2n) is 4.02. The van der Waals surface area contributed by atoms with E-state index >= 15 is 0 Å². The first-order valence-electron chi connectivity index (χ1n) is 5.93. The lowest BCUT2D eigenvalue weighted by Gasteiger charge is -2.11. The molecule has 21 heavy (non-hydrogen) atoms. The van der Waals surface area contributed by atoms with Crippen molar-refractivity contribution in [3.05, 3.63) is 23.7 Å². The first kappa shape index (κ1) is 13.4. The van der Waals surface area contributed by atoms with Crippen molar-refractivity contribution in [3.8, 4) is 11.5 Å². The third-order valence-electron chi connectivity index (χ3n) is 2.83. The van der Waals surface area contributed by atoms with Crippen molar-refractivity contribution in [3.63, 3.8) is 0 Å². The number of benzene rings is 1. The van der Waals surface area contributed by atoms with Gasteiger partial charge in [-0.05, 0) is 17.7 Å². The molecule has 0 aliphatic rings. The van der Waals surface area contributed by atoms with Gasteiger partial charge >= 0.3 is 0 Å². The van der Waals surface area contributed by atoms with Crippen LogP contribution in [0.4, 0.5) is 11.8 Å². The third-order valence-corrected chi connectivity index (χ3v) is 2.99.